The van der Waals surface area contributed by atoms with Crippen LogP contribution in [0.5, 0.6) is 0 Å². The number of aromatic nitrogens is 4. The van der Waals surface area contributed by atoms with Crippen molar-refractivity contribution in [3.63, 3.8) is 0 Å². The quantitative estimate of drug-likeness (QED) is 0.655. The van der Waals surface area contributed by atoms with Gasteiger partial charge >= 0.3 is 0 Å². The van der Waals surface area contributed by atoms with Gasteiger partial charge in [-0.1, -0.05) is 12.1 Å². The van der Waals surface area contributed by atoms with Crippen LogP contribution in [0.25, 0.3) is 11.1 Å². The van der Waals surface area contributed by atoms with Crippen molar-refractivity contribution in [1.82, 2.24) is 24.2 Å². The van der Waals surface area contributed by atoms with Crippen molar-refractivity contribution in [2.75, 3.05) is 13.1 Å². The van der Waals surface area contributed by atoms with E-state index in [-0.39, 0.29) is 0 Å². The van der Waals surface area contributed by atoms with Gasteiger partial charge in [-0.2, -0.15) is 5.10 Å². The van der Waals surface area contributed by atoms with Crippen LogP contribution in [-0.2, 0) is 13.7 Å². The van der Waals surface area contributed by atoms with E-state index in [2.05, 4.69) is 9.47 Å². The zero-order valence-electron chi connectivity index (χ0n) is 15.0. The lowest BCUT2D eigenvalue weighted by Crippen LogP contribution is -2.36. The van der Waals surface area contributed by atoms with Gasteiger partial charge in [0.1, 0.15) is 11.3 Å². The third-order valence-electron chi connectivity index (χ3n) is 5.52. The zero-order valence-corrected chi connectivity index (χ0v) is 15.8. The Bertz CT molecular complexity index is 966. The highest BCUT2D eigenvalue weighted by Gasteiger charge is 2.30. The maximum atomic E-state index is 6.01. The molecule has 3 heterocycles. The lowest BCUT2D eigenvalue weighted by Gasteiger charge is -2.30. The average molecular weight is 369 g/mol. The minimum Gasteiger partial charge on any atom is -0.440 e. The second kappa shape index (κ2) is 6.32. The number of fused-ring (bicyclic) bond motifs is 1. The number of rotatable bonds is 4. The van der Waals surface area contributed by atoms with Crippen molar-refractivity contribution in [1.29, 1.82) is 0 Å². The Kier molecular flexibility index (Phi) is 3.94. The summed E-state index contributed by atoms with van der Waals surface area (Å²) in [6.07, 6.45) is 4.73. The second-order valence-electron chi connectivity index (χ2n) is 7.55. The highest BCUT2D eigenvalue weighted by atomic mass is 32.1. The molecule has 1 aliphatic heterocycles. The van der Waals surface area contributed by atoms with Gasteiger partial charge in [0.15, 0.2) is 16.2 Å². The molecule has 6 nitrogen and oxygen atoms in total. The van der Waals surface area contributed by atoms with E-state index in [1.807, 2.05) is 36.0 Å². The number of hydrogen-bond donors (Lipinski definition) is 0. The summed E-state index contributed by atoms with van der Waals surface area (Å²) in [5.74, 6) is 2.94. The van der Waals surface area contributed by atoms with Crippen LogP contribution in [0.4, 0.5) is 0 Å². The summed E-state index contributed by atoms with van der Waals surface area (Å²) in [7, 11) is 2.04. The van der Waals surface area contributed by atoms with Gasteiger partial charge in [-0.15, -0.1) is 0 Å². The molecule has 0 amide bonds. The van der Waals surface area contributed by atoms with Gasteiger partial charge in [0, 0.05) is 25.4 Å². The summed E-state index contributed by atoms with van der Waals surface area (Å²) in [5, 5.41) is 4.79. The molecule has 0 N–H and O–H groups in total. The molecule has 5 rings (SSSR count). The Hall–Kier alpha value is -1.99. The zero-order chi connectivity index (χ0) is 17.7. The number of oxazole rings is 1. The third-order valence-corrected chi connectivity index (χ3v) is 6.00. The Morgan fingerprint density at radius 2 is 2.04 bits per heavy atom. The normalized spacial score (nSPS) is 21.5. The first kappa shape index (κ1) is 16.2. The molecule has 1 aromatic carbocycles. The van der Waals surface area contributed by atoms with E-state index < -0.39 is 0 Å². The van der Waals surface area contributed by atoms with Crippen LogP contribution in [0.3, 0.4) is 0 Å². The van der Waals surface area contributed by atoms with E-state index in [9.17, 15) is 0 Å². The fourth-order valence-electron chi connectivity index (χ4n) is 3.93. The van der Waals surface area contributed by atoms with Gasteiger partial charge in [0.05, 0.1) is 6.67 Å². The first-order valence-corrected chi connectivity index (χ1v) is 9.81. The van der Waals surface area contributed by atoms with Crippen molar-refractivity contribution >= 4 is 23.3 Å². The number of likely N-dealkylation sites (tertiary alicyclic amines) is 1. The molecule has 1 saturated heterocycles. The highest BCUT2D eigenvalue weighted by molar-refractivity contribution is 7.71. The van der Waals surface area contributed by atoms with Gasteiger partial charge in [-0.25, -0.2) is 9.67 Å². The van der Waals surface area contributed by atoms with E-state index in [0.29, 0.717) is 11.8 Å². The topological polar surface area (TPSA) is 52.0 Å². The number of para-hydroxylation sites is 2. The summed E-state index contributed by atoms with van der Waals surface area (Å²) >= 11 is 5.60. The molecule has 2 aromatic heterocycles. The van der Waals surface area contributed by atoms with Crippen LogP contribution in [0.2, 0.25) is 0 Å². The van der Waals surface area contributed by atoms with Crippen LogP contribution in [0, 0.1) is 4.77 Å². The summed E-state index contributed by atoms with van der Waals surface area (Å²) in [6.45, 7) is 2.74. The minimum absolute atomic E-state index is 0.330. The second-order valence-corrected chi connectivity index (χ2v) is 7.92. The number of piperidine rings is 1. The molecule has 136 valence electrons. The lowest BCUT2D eigenvalue weighted by molar-refractivity contribution is 0.147. The van der Waals surface area contributed by atoms with Crippen molar-refractivity contribution in [2.45, 2.75) is 44.2 Å². The molecule has 0 radical (unpaired) electrons. The van der Waals surface area contributed by atoms with E-state index in [1.165, 1.54) is 12.8 Å². The minimum atomic E-state index is 0.330. The predicted molar refractivity (Wildman–Crippen MR) is 102 cm³/mol. The molecular weight excluding hydrogens is 346 g/mol. The summed E-state index contributed by atoms with van der Waals surface area (Å²) < 4.78 is 10.9. The molecule has 0 spiro atoms. The first-order chi connectivity index (χ1) is 12.7. The molecule has 1 atom stereocenters. The molecule has 26 heavy (non-hydrogen) atoms. The monoisotopic (exact) mass is 369 g/mol. The standard InChI is InChI=1S/C19H23N5OS/c1-22-17(13-8-9-13)21-24(19(22)26)12-23-10-4-5-14(11-23)18-20-15-6-2-3-7-16(15)25-18/h2-3,6-7,13-14H,4-5,8-12H2,1H3. The molecule has 3 aromatic rings. The maximum Gasteiger partial charge on any atom is 0.199 e. The third kappa shape index (κ3) is 2.89. The van der Waals surface area contributed by atoms with Gasteiger partial charge in [-0.3, -0.25) is 4.90 Å². The average Bonchev–Trinajstić information content (AvgIpc) is 3.35. The van der Waals surface area contributed by atoms with Crippen LogP contribution in [0.15, 0.2) is 28.7 Å². The van der Waals surface area contributed by atoms with Crippen LogP contribution >= 0.6 is 12.2 Å². The number of hydrogen-bond acceptors (Lipinski definition) is 5. The van der Waals surface area contributed by atoms with E-state index in [0.717, 1.165) is 60.2 Å². The molecule has 7 heteroatoms. The van der Waals surface area contributed by atoms with Crippen molar-refractivity contribution < 1.29 is 4.42 Å². The number of benzene rings is 1. The first-order valence-electron chi connectivity index (χ1n) is 9.40. The molecular formula is C19H23N5OS. The fraction of sp³-hybridized carbons (Fsp3) is 0.526. The molecule has 1 unspecified atom stereocenters. The van der Waals surface area contributed by atoms with E-state index >= 15 is 0 Å². The maximum absolute atomic E-state index is 6.01. The summed E-state index contributed by atoms with van der Waals surface area (Å²) in [5.41, 5.74) is 1.82. The Morgan fingerprint density at radius 3 is 2.85 bits per heavy atom. The lowest BCUT2D eigenvalue weighted by atomic mass is 9.98. The summed E-state index contributed by atoms with van der Waals surface area (Å²) in [6, 6.07) is 7.99. The van der Waals surface area contributed by atoms with Crippen LogP contribution in [-0.4, -0.2) is 37.3 Å². The predicted octanol–water partition coefficient (Wildman–Crippen LogP) is 3.81. The summed E-state index contributed by atoms with van der Waals surface area (Å²) in [4.78, 5) is 7.12. The molecule has 1 aliphatic carbocycles. The molecule has 2 aliphatic rings. The number of nitrogens with zero attached hydrogens (tertiary/aromatic N) is 5. The van der Waals surface area contributed by atoms with Gasteiger partial charge in [0.2, 0.25) is 0 Å². The largest absolute Gasteiger partial charge is 0.440 e. The van der Waals surface area contributed by atoms with Gasteiger partial charge in [0.25, 0.3) is 0 Å². The van der Waals surface area contributed by atoms with Gasteiger partial charge < -0.3 is 8.98 Å². The fourth-order valence-corrected chi connectivity index (χ4v) is 4.13. The van der Waals surface area contributed by atoms with Crippen LogP contribution in [0.1, 0.15) is 49.2 Å². The van der Waals surface area contributed by atoms with Crippen molar-refractivity contribution in [3.05, 3.63) is 40.8 Å². The van der Waals surface area contributed by atoms with Crippen molar-refractivity contribution in [2.24, 2.45) is 7.05 Å². The molecule has 2 fully saturated rings. The highest BCUT2D eigenvalue weighted by Crippen LogP contribution is 2.39. The Balaban J connectivity index is 1.34. The van der Waals surface area contributed by atoms with Crippen molar-refractivity contribution in [3.8, 4) is 0 Å². The Labute approximate surface area is 157 Å². The molecule has 1 saturated carbocycles. The Morgan fingerprint density at radius 1 is 1.19 bits per heavy atom. The van der Waals surface area contributed by atoms with E-state index in [1.54, 1.807) is 0 Å². The van der Waals surface area contributed by atoms with Crippen LogP contribution < -0.4 is 0 Å². The van der Waals surface area contributed by atoms with Gasteiger partial charge in [-0.05, 0) is 56.6 Å². The smallest absolute Gasteiger partial charge is 0.199 e. The molecule has 0 bridgehead atoms. The van der Waals surface area contributed by atoms with E-state index in [4.69, 9.17) is 26.7 Å². The SMILES string of the molecule is Cn1c(C2CC2)nn(CN2CCCC(c3nc4ccccc4o3)C2)c1=S.